The van der Waals surface area contributed by atoms with Crippen LogP contribution in [0.3, 0.4) is 0 Å². The van der Waals surface area contributed by atoms with Crippen LogP contribution in [0, 0.1) is 6.92 Å². The lowest BCUT2D eigenvalue weighted by Gasteiger charge is -2.06. The summed E-state index contributed by atoms with van der Waals surface area (Å²) in [6, 6.07) is 8.34. The molecule has 0 aliphatic carbocycles. The van der Waals surface area contributed by atoms with Gasteiger partial charge in [-0.1, -0.05) is 29.8 Å². The average Bonchev–Trinajstić information content (AvgIpc) is 2.88. The highest BCUT2D eigenvalue weighted by molar-refractivity contribution is 5.74. The average molecular weight is 327 g/mol. The third-order valence-electron chi connectivity index (χ3n) is 4.25. The Morgan fingerprint density at radius 2 is 1.83 bits per heavy atom. The van der Waals surface area contributed by atoms with E-state index in [-0.39, 0.29) is 11.2 Å². The van der Waals surface area contributed by atoms with Crippen molar-refractivity contribution in [3.63, 3.8) is 0 Å². The highest BCUT2D eigenvalue weighted by Crippen LogP contribution is 2.13. The van der Waals surface area contributed by atoms with Gasteiger partial charge in [-0.05, 0) is 18.9 Å². The van der Waals surface area contributed by atoms with Gasteiger partial charge in [0.1, 0.15) is 0 Å². The molecule has 1 N–H and O–H groups in total. The van der Waals surface area contributed by atoms with Gasteiger partial charge < -0.3 is 9.88 Å². The third-order valence-corrected chi connectivity index (χ3v) is 4.25. The number of aromatic nitrogens is 4. The lowest BCUT2D eigenvalue weighted by Crippen LogP contribution is -2.37. The van der Waals surface area contributed by atoms with E-state index in [1.54, 1.807) is 18.7 Å². The second-order valence-electron chi connectivity index (χ2n) is 6.04. The van der Waals surface area contributed by atoms with Crippen molar-refractivity contribution in [1.82, 2.24) is 18.7 Å². The number of rotatable bonds is 4. The van der Waals surface area contributed by atoms with Crippen LogP contribution in [0.15, 0.2) is 33.9 Å². The van der Waals surface area contributed by atoms with Gasteiger partial charge >= 0.3 is 5.69 Å². The fourth-order valence-corrected chi connectivity index (χ4v) is 2.86. The molecule has 3 rings (SSSR count). The molecule has 3 aromatic rings. The summed E-state index contributed by atoms with van der Waals surface area (Å²) in [5.74, 6) is 0.580. The van der Waals surface area contributed by atoms with Gasteiger partial charge in [0.05, 0.1) is 0 Å². The molecule has 0 aliphatic heterocycles. The Balaban J connectivity index is 1.90. The number of hydrogen-bond donors (Lipinski definition) is 1. The van der Waals surface area contributed by atoms with Crippen molar-refractivity contribution < 1.29 is 0 Å². The van der Waals surface area contributed by atoms with Crippen molar-refractivity contribution in [1.29, 1.82) is 0 Å². The first-order valence-corrected chi connectivity index (χ1v) is 7.82. The maximum Gasteiger partial charge on any atom is 0.332 e. The van der Waals surface area contributed by atoms with Crippen LogP contribution in [0.2, 0.25) is 0 Å². The van der Waals surface area contributed by atoms with E-state index < -0.39 is 0 Å². The molecule has 1 aromatic carbocycles. The Kier molecular flexibility index (Phi) is 4.01. The van der Waals surface area contributed by atoms with Gasteiger partial charge in [-0.2, -0.15) is 4.98 Å². The Morgan fingerprint density at radius 3 is 2.54 bits per heavy atom. The summed E-state index contributed by atoms with van der Waals surface area (Å²) < 4.78 is 4.19. The zero-order valence-corrected chi connectivity index (χ0v) is 14.3. The van der Waals surface area contributed by atoms with Gasteiger partial charge in [0.2, 0.25) is 5.95 Å². The van der Waals surface area contributed by atoms with Crippen molar-refractivity contribution in [3.05, 3.63) is 56.2 Å². The van der Waals surface area contributed by atoms with Crippen molar-refractivity contribution in [2.75, 3.05) is 11.9 Å². The first-order valence-electron chi connectivity index (χ1n) is 7.82. The number of hydrogen-bond acceptors (Lipinski definition) is 4. The van der Waals surface area contributed by atoms with Crippen LogP contribution in [0.4, 0.5) is 5.95 Å². The van der Waals surface area contributed by atoms with Crippen molar-refractivity contribution in [3.8, 4) is 0 Å². The lowest BCUT2D eigenvalue weighted by molar-refractivity contribution is 0.705. The van der Waals surface area contributed by atoms with Crippen LogP contribution >= 0.6 is 0 Å². The normalized spacial score (nSPS) is 11.2. The van der Waals surface area contributed by atoms with Crippen LogP contribution < -0.4 is 16.6 Å². The minimum atomic E-state index is -0.378. The van der Waals surface area contributed by atoms with E-state index in [2.05, 4.69) is 35.4 Å². The maximum absolute atomic E-state index is 12.3. The molecule has 7 nitrogen and oxygen atoms in total. The number of aryl methyl sites for hydroxylation is 3. The zero-order chi connectivity index (χ0) is 17.4. The fourth-order valence-electron chi connectivity index (χ4n) is 2.86. The summed E-state index contributed by atoms with van der Waals surface area (Å²) in [6.07, 6.45) is 0.849. The molecule has 0 amide bonds. The Morgan fingerprint density at radius 1 is 1.08 bits per heavy atom. The summed E-state index contributed by atoms with van der Waals surface area (Å²) in [6.45, 7) is 2.76. The van der Waals surface area contributed by atoms with Gasteiger partial charge in [0.25, 0.3) is 5.56 Å². The van der Waals surface area contributed by atoms with Crippen LogP contribution in [0.5, 0.6) is 0 Å². The number of benzene rings is 1. The fraction of sp³-hybridized carbons (Fsp3) is 0.353. The minimum absolute atomic E-state index is 0.338. The number of fused-ring (bicyclic) bond motifs is 1. The molecule has 0 saturated carbocycles. The Labute approximate surface area is 139 Å². The smallest absolute Gasteiger partial charge is 0.332 e. The molecule has 0 atom stereocenters. The predicted octanol–water partition coefficient (Wildman–Crippen LogP) is 0.934. The lowest BCUT2D eigenvalue weighted by atomic mass is 10.1. The summed E-state index contributed by atoms with van der Waals surface area (Å²) in [4.78, 5) is 28.8. The van der Waals surface area contributed by atoms with Crippen molar-refractivity contribution in [2.24, 2.45) is 21.1 Å². The number of nitrogens with one attached hydrogen (secondary N) is 1. The molecule has 0 aliphatic rings. The number of nitrogens with zero attached hydrogens (tertiary/aromatic N) is 4. The van der Waals surface area contributed by atoms with E-state index in [1.807, 2.05) is 6.07 Å². The molecular formula is C17H21N5O2. The summed E-state index contributed by atoms with van der Waals surface area (Å²) in [5.41, 5.74) is 2.56. The first-order chi connectivity index (χ1) is 11.4. The Hall–Kier alpha value is -2.83. The molecule has 0 spiro atoms. The second-order valence-corrected chi connectivity index (χ2v) is 6.04. The van der Waals surface area contributed by atoms with E-state index >= 15 is 0 Å². The number of imidazole rings is 1. The van der Waals surface area contributed by atoms with Gasteiger partial charge in [-0.3, -0.25) is 13.9 Å². The quantitative estimate of drug-likeness (QED) is 0.774. The van der Waals surface area contributed by atoms with Gasteiger partial charge in [-0.25, -0.2) is 4.79 Å². The predicted molar refractivity (Wildman–Crippen MR) is 94.6 cm³/mol. The topological polar surface area (TPSA) is 73.8 Å². The summed E-state index contributed by atoms with van der Waals surface area (Å²) in [7, 11) is 4.87. The first kappa shape index (κ1) is 16.0. The molecule has 24 heavy (non-hydrogen) atoms. The van der Waals surface area contributed by atoms with E-state index in [0.717, 1.165) is 11.0 Å². The Bertz CT molecular complexity index is 1030. The molecule has 126 valence electrons. The monoisotopic (exact) mass is 327 g/mol. The number of anilines is 1. The van der Waals surface area contributed by atoms with Gasteiger partial charge in [0.15, 0.2) is 11.2 Å². The van der Waals surface area contributed by atoms with Crippen molar-refractivity contribution >= 4 is 17.1 Å². The molecule has 0 saturated heterocycles. The minimum Gasteiger partial charge on any atom is -0.355 e. The third kappa shape index (κ3) is 2.62. The molecule has 2 heterocycles. The second kappa shape index (κ2) is 5.99. The van der Waals surface area contributed by atoms with E-state index in [1.165, 1.54) is 22.7 Å². The SMILES string of the molecule is Cc1cccc(CCNc2nc3c(c(=O)n(C)c(=O)n3C)n2C)c1. The molecule has 7 heteroatoms. The summed E-state index contributed by atoms with van der Waals surface area (Å²) >= 11 is 0. The molecular weight excluding hydrogens is 306 g/mol. The van der Waals surface area contributed by atoms with Crippen LogP contribution in [-0.2, 0) is 27.6 Å². The molecule has 0 fully saturated rings. The zero-order valence-electron chi connectivity index (χ0n) is 14.3. The molecule has 0 bridgehead atoms. The molecule has 0 radical (unpaired) electrons. The van der Waals surface area contributed by atoms with E-state index in [9.17, 15) is 9.59 Å². The van der Waals surface area contributed by atoms with E-state index in [4.69, 9.17) is 0 Å². The highest BCUT2D eigenvalue weighted by atomic mass is 16.2. The van der Waals surface area contributed by atoms with Gasteiger partial charge in [0, 0.05) is 27.7 Å². The highest BCUT2D eigenvalue weighted by Gasteiger charge is 2.16. The van der Waals surface area contributed by atoms with Crippen LogP contribution in [-0.4, -0.2) is 25.2 Å². The van der Waals surface area contributed by atoms with Crippen molar-refractivity contribution in [2.45, 2.75) is 13.3 Å². The summed E-state index contributed by atoms with van der Waals surface area (Å²) in [5, 5.41) is 3.25. The molecule has 2 aromatic heterocycles. The standard InChI is InChI=1S/C17H21N5O2/c1-11-6-5-7-12(10-11)8-9-18-16-19-14-13(20(16)2)15(23)22(4)17(24)21(14)3/h5-7,10H,8-9H2,1-4H3,(H,18,19). The van der Waals surface area contributed by atoms with Crippen LogP contribution in [0.1, 0.15) is 11.1 Å². The maximum atomic E-state index is 12.3. The van der Waals surface area contributed by atoms with Gasteiger partial charge in [-0.15, -0.1) is 0 Å². The molecule has 0 unspecified atom stereocenters. The largest absolute Gasteiger partial charge is 0.355 e. The van der Waals surface area contributed by atoms with Crippen LogP contribution in [0.25, 0.3) is 11.2 Å². The van der Waals surface area contributed by atoms with E-state index in [0.29, 0.717) is 23.7 Å².